The van der Waals surface area contributed by atoms with Gasteiger partial charge >= 0.3 is 0 Å². The highest BCUT2D eigenvalue weighted by atomic mass is 19.1. The standard InChI is InChI=1S/C22H20F2N4O2/c1-14(13-30-21-5-4-16(11-25)12-26-21)3-6-22(29)28-20(7-8-27-28)17-9-18(23)15(2)19(24)10-17/h4-5,8-10,12,20H,1,3,6-7,13H2,2H3. The van der Waals surface area contributed by atoms with E-state index in [0.29, 0.717) is 35.4 Å². The van der Waals surface area contributed by atoms with Crippen molar-refractivity contribution in [3.8, 4) is 11.9 Å². The van der Waals surface area contributed by atoms with Crippen LogP contribution >= 0.6 is 0 Å². The molecule has 0 aliphatic carbocycles. The first-order valence-electron chi connectivity index (χ1n) is 9.34. The van der Waals surface area contributed by atoms with Crippen molar-refractivity contribution in [2.75, 3.05) is 6.61 Å². The summed E-state index contributed by atoms with van der Waals surface area (Å²) in [7, 11) is 0. The van der Waals surface area contributed by atoms with Crippen LogP contribution < -0.4 is 4.74 Å². The fourth-order valence-electron chi connectivity index (χ4n) is 2.97. The molecular formula is C22H20F2N4O2. The topological polar surface area (TPSA) is 78.6 Å². The molecule has 30 heavy (non-hydrogen) atoms. The second-order valence-corrected chi connectivity index (χ2v) is 6.93. The van der Waals surface area contributed by atoms with Gasteiger partial charge in [-0.05, 0) is 42.7 Å². The van der Waals surface area contributed by atoms with Crippen molar-refractivity contribution in [3.63, 3.8) is 0 Å². The summed E-state index contributed by atoms with van der Waals surface area (Å²) < 4.78 is 33.3. The third kappa shape index (κ3) is 4.87. The van der Waals surface area contributed by atoms with Gasteiger partial charge in [0, 0.05) is 36.9 Å². The summed E-state index contributed by atoms with van der Waals surface area (Å²) >= 11 is 0. The van der Waals surface area contributed by atoms with Gasteiger partial charge in [0.05, 0.1) is 11.6 Å². The Kier molecular flexibility index (Phi) is 6.52. The number of rotatable bonds is 7. The largest absolute Gasteiger partial charge is 0.473 e. The number of aromatic nitrogens is 1. The number of benzene rings is 1. The smallest absolute Gasteiger partial charge is 0.243 e. The summed E-state index contributed by atoms with van der Waals surface area (Å²) in [6.07, 6.45) is 3.86. The molecule has 0 fully saturated rings. The lowest BCUT2D eigenvalue weighted by Crippen LogP contribution is -2.27. The van der Waals surface area contributed by atoms with Crippen LogP contribution in [0.2, 0.25) is 0 Å². The number of nitrogens with zero attached hydrogens (tertiary/aromatic N) is 4. The van der Waals surface area contributed by atoms with Crippen molar-refractivity contribution in [2.45, 2.75) is 32.2 Å². The van der Waals surface area contributed by atoms with E-state index in [1.54, 1.807) is 18.3 Å². The lowest BCUT2D eigenvalue weighted by Gasteiger charge is -2.23. The molecule has 1 aromatic carbocycles. The average Bonchev–Trinajstić information content (AvgIpc) is 3.24. The molecule has 2 heterocycles. The second kappa shape index (κ2) is 9.27. The van der Waals surface area contributed by atoms with Crippen LogP contribution in [0.3, 0.4) is 0 Å². The fourth-order valence-corrected chi connectivity index (χ4v) is 2.97. The molecule has 3 rings (SSSR count). The zero-order valence-electron chi connectivity index (χ0n) is 16.4. The molecule has 6 nitrogen and oxygen atoms in total. The molecule has 154 valence electrons. The minimum Gasteiger partial charge on any atom is -0.473 e. The van der Waals surface area contributed by atoms with Crippen LogP contribution in [-0.2, 0) is 4.79 Å². The molecule has 8 heteroatoms. The highest BCUT2D eigenvalue weighted by Crippen LogP contribution is 2.31. The highest BCUT2D eigenvalue weighted by molar-refractivity contribution is 5.80. The lowest BCUT2D eigenvalue weighted by molar-refractivity contribution is -0.133. The van der Waals surface area contributed by atoms with E-state index in [1.165, 1.54) is 30.3 Å². The summed E-state index contributed by atoms with van der Waals surface area (Å²) in [6, 6.07) is 7.11. The van der Waals surface area contributed by atoms with Gasteiger partial charge in [-0.3, -0.25) is 4.79 Å². The average molecular weight is 410 g/mol. The summed E-state index contributed by atoms with van der Waals surface area (Å²) in [4.78, 5) is 16.6. The molecule has 1 aliphatic rings. The third-order valence-electron chi connectivity index (χ3n) is 4.76. The second-order valence-electron chi connectivity index (χ2n) is 6.93. The zero-order valence-corrected chi connectivity index (χ0v) is 16.4. The van der Waals surface area contributed by atoms with Gasteiger partial charge < -0.3 is 4.74 Å². The maximum absolute atomic E-state index is 13.9. The molecule has 1 aliphatic heterocycles. The first-order valence-corrected chi connectivity index (χ1v) is 9.34. The van der Waals surface area contributed by atoms with E-state index in [0.717, 1.165) is 0 Å². The number of hydrazone groups is 1. The molecule has 0 spiro atoms. The van der Waals surface area contributed by atoms with E-state index in [4.69, 9.17) is 10.00 Å². The van der Waals surface area contributed by atoms with Gasteiger partial charge in [-0.15, -0.1) is 0 Å². The Hall–Kier alpha value is -3.60. The molecule has 0 bridgehead atoms. The molecule has 1 aromatic heterocycles. The van der Waals surface area contributed by atoms with Crippen molar-refractivity contribution in [1.82, 2.24) is 9.99 Å². The number of hydrogen-bond acceptors (Lipinski definition) is 5. The Bertz CT molecular complexity index is 1010. The summed E-state index contributed by atoms with van der Waals surface area (Å²) in [5.41, 5.74) is 1.43. The number of halogens is 2. The Balaban J connectivity index is 1.54. The van der Waals surface area contributed by atoms with Crippen LogP contribution in [0.4, 0.5) is 8.78 Å². The van der Waals surface area contributed by atoms with Gasteiger partial charge in [-0.25, -0.2) is 18.8 Å². The van der Waals surface area contributed by atoms with Crippen LogP contribution in [-0.4, -0.2) is 28.7 Å². The number of nitriles is 1. The predicted octanol–water partition coefficient (Wildman–Crippen LogP) is 4.21. The number of carbonyl (C=O) groups excluding carboxylic acids is 1. The van der Waals surface area contributed by atoms with Crippen molar-refractivity contribution < 1.29 is 18.3 Å². The number of amides is 1. The molecule has 0 saturated carbocycles. The first kappa shape index (κ1) is 21.1. The zero-order chi connectivity index (χ0) is 21.7. The fraction of sp³-hybridized carbons (Fsp3) is 0.273. The van der Waals surface area contributed by atoms with Crippen LogP contribution in [0.5, 0.6) is 5.88 Å². The van der Waals surface area contributed by atoms with E-state index in [1.807, 2.05) is 6.07 Å². The molecule has 1 atom stereocenters. The van der Waals surface area contributed by atoms with Crippen molar-refractivity contribution in [1.29, 1.82) is 5.26 Å². The maximum Gasteiger partial charge on any atom is 0.243 e. The number of hydrogen-bond donors (Lipinski definition) is 0. The van der Waals surface area contributed by atoms with Gasteiger partial charge in [-0.2, -0.15) is 10.4 Å². The molecular weight excluding hydrogens is 390 g/mol. The van der Waals surface area contributed by atoms with Gasteiger partial charge in [0.15, 0.2) is 0 Å². The van der Waals surface area contributed by atoms with E-state index in [9.17, 15) is 13.6 Å². The monoisotopic (exact) mass is 410 g/mol. The van der Waals surface area contributed by atoms with Gasteiger partial charge in [0.25, 0.3) is 0 Å². The van der Waals surface area contributed by atoms with Crippen LogP contribution in [0.1, 0.15) is 42.0 Å². The van der Waals surface area contributed by atoms with Crippen molar-refractivity contribution >= 4 is 12.1 Å². The van der Waals surface area contributed by atoms with Gasteiger partial charge in [0.1, 0.15) is 24.3 Å². The minimum atomic E-state index is -0.647. The highest BCUT2D eigenvalue weighted by Gasteiger charge is 2.29. The van der Waals surface area contributed by atoms with Crippen LogP contribution in [0.15, 0.2) is 47.7 Å². The van der Waals surface area contributed by atoms with E-state index in [-0.39, 0.29) is 24.5 Å². The maximum atomic E-state index is 13.9. The third-order valence-corrected chi connectivity index (χ3v) is 4.76. The first-order chi connectivity index (χ1) is 14.4. The van der Waals surface area contributed by atoms with E-state index < -0.39 is 17.7 Å². The Morgan fingerprint density at radius 1 is 1.33 bits per heavy atom. The van der Waals surface area contributed by atoms with E-state index >= 15 is 0 Å². The van der Waals surface area contributed by atoms with E-state index in [2.05, 4.69) is 16.7 Å². The van der Waals surface area contributed by atoms with Gasteiger partial charge in [0.2, 0.25) is 11.8 Å². The minimum absolute atomic E-state index is 0.0522. The molecule has 1 amide bonds. The molecule has 1 unspecified atom stereocenters. The quantitative estimate of drug-likeness (QED) is 0.641. The van der Waals surface area contributed by atoms with Crippen molar-refractivity contribution in [2.24, 2.45) is 5.10 Å². The normalized spacial score (nSPS) is 15.1. The Labute approximate surface area is 173 Å². The van der Waals surface area contributed by atoms with Crippen LogP contribution in [0.25, 0.3) is 0 Å². The van der Waals surface area contributed by atoms with Gasteiger partial charge in [-0.1, -0.05) is 6.58 Å². The number of ether oxygens (including phenoxy) is 1. The Morgan fingerprint density at radius 3 is 2.70 bits per heavy atom. The van der Waals surface area contributed by atoms with Crippen LogP contribution in [0, 0.1) is 29.9 Å². The molecule has 2 aromatic rings. The summed E-state index contributed by atoms with van der Waals surface area (Å²) in [5, 5.41) is 14.1. The summed E-state index contributed by atoms with van der Waals surface area (Å²) in [6.45, 7) is 5.44. The van der Waals surface area contributed by atoms with Crippen molar-refractivity contribution in [3.05, 3.63) is 70.9 Å². The summed E-state index contributed by atoms with van der Waals surface area (Å²) in [5.74, 6) is -1.21. The lowest BCUT2D eigenvalue weighted by atomic mass is 10.0. The SMILES string of the molecule is C=C(CCC(=O)N1N=CCC1c1cc(F)c(C)c(F)c1)COc1ccc(C#N)cn1. The Morgan fingerprint density at radius 2 is 2.07 bits per heavy atom. The molecule has 0 saturated heterocycles. The molecule has 0 radical (unpaired) electrons. The number of carbonyl (C=O) groups is 1. The predicted molar refractivity (Wildman–Crippen MR) is 107 cm³/mol. The molecule has 0 N–H and O–H groups in total. The number of pyridine rings is 1.